The number of nitrogens with two attached hydrogens (primary N) is 1. The number of piperidine rings is 1. The molecule has 0 bridgehead atoms. The number of ketones is 1. The number of primary amides is 1. The minimum atomic E-state index is -3.64. The number of likely N-dealkylation sites (tertiary alicyclic amines) is 1. The minimum absolute atomic E-state index is 0.0637. The average Bonchev–Trinajstić information content (AvgIpc) is 3.80. The number of carbonyl (C=O) groups excluding carboxylic acids is 5. The van der Waals surface area contributed by atoms with E-state index in [4.69, 9.17) is 5.73 Å². The van der Waals surface area contributed by atoms with Gasteiger partial charge in [0, 0.05) is 6.54 Å². The third-order valence-electron chi connectivity index (χ3n) is 13.8. The number of sulfone groups is 1. The van der Waals surface area contributed by atoms with E-state index in [1.807, 2.05) is 13.8 Å². The summed E-state index contributed by atoms with van der Waals surface area (Å²) in [6.45, 7) is 15.1. The van der Waals surface area contributed by atoms with Crippen molar-refractivity contribution in [3.63, 3.8) is 0 Å². The summed E-state index contributed by atoms with van der Waals surface area (Å²) in [5.41, 5.74) is 2.27. The van der Waals surface area contributed by atoms with Gasteiger partial charge in [0.2, 0.25) is 17.6 Å². The van der Waals surface area contributed by atoms with E-state index in [1.54, 1.807) is 32.6 Å². The highest BCUT2D eigenvalue weighted by Crippen LogP contribution is 2.65. The molecule has 1 aliphatic heterocycles. The van der Waals surface area contributed by atoms with Crippen molar-refractivity contribution in [3.05, 3.63) is 0 Å². The summed E-state index contributed by atoms with van der Waals surface area (Å²) >= 11 is 0. The van der Waals surface area contributed by atoms with Crippen molar-refractivity contribution in [2.75, 3.05) is 6.54 Å². The molecule has 5 fully saturated rings. The summed E-state index contributed by atoms with van der Waals surface area (Å²) in [5, 5.41) is 8.23. The molecule has 1 saturated heterocycles. The van der Waals surface area contributed by atoms with E-state index >= 15 is 0 Å². The lowest BCUT2D eigenvalue weighted by Crippen LogP contribution is -2.66. The minimum Gasteiger partial charge on any atom is -0.363 e. The zero-order chi connectivity index (χ0) is 37.2. The molecular weight excluding hydrogens is 659 g/mol. The molecule has 3 unspecified atom stereocenters. The molecule has 12 nitrogen and oxygen atoms in total. The smallest absolute Gasteiger partial charge is 0.315 e. The molecule has 4 saturated carbocycles. The Bertz CT molecular complexity index is 1510. The zero-order valence-corrected chi connectivity index (χ0v) is 32.3. The molecule has 0 aromatic rings. The van der Waals surface area contributed by atoms with Crippen molar-refractivity contribution < 1.29 is 32.4 Å². The molecule has 4 aliphatic carbocycles. The van der Waals surface area contributed by atoms with Crippen molar-refractivity contribution in [2.24, 2.45) is 34.3 Å². The second-order valence-electron chi connectivity index (χ2n) is 18.1. The SMILES string of the molecule is CC[C@@H]1CC1(NC(=O)[C@@H]1C2C(CN1C(=O)[C@H](NC(=O)NC1([C@H](C)S(=O)(=O)C(C)(C)C)CCCCC1)C1(C)CCCCC1)C2(C)C)C(=O)C(N)=O. The maximum atomic E-state index is 14.9. The van der Waals surface area contributed by atoms with Crippen molar-refractivity contribution in [2.45, 2.75) is 166 Å². The molecule has 0 aromatic heterocycles. The molecule has 7 atom stereocenters. The molecule has 0 aromatic carbocycles. The summed E-state index contributed by atoms with van der Waals surface area (Å²) in [7, 11) is -3.64. The van der Waals surface area contributed by atoms with E-state index in [1.165, 1.54) is 0 Å². The third kappa shape index (κ3) is 6.46. The molecule has 5 aliphatic rings. The molecule has 0 radical (unpaired) electrons. The number of rotatable bonds is 11. The summed E-state index contributed by atoms with van der Waals surface area (Å²) < 4.78 is 26.5. The van der Waals surface area contributed by atoms with Gasteiger partial charge in [-0.1, -0.05) is 72.6 Å². The number of hydrogen-bond acceptors (Lipinski definition) is 7. The summed E-state index contributed by atoms with van der Waals surface area (Å²) in [6, 6.07) is -2.41. The number of nitrogens with one attached hydrogen (secondary N) is 3. The highest BCUT2D eigenvalue weighted by atomic mass is 32.2. The fourth-order valence-electron chi connectivity index (χ4n) is 10.0. The van der Waals surface area contributed by atoms with E-state index in [2.05, 4.69) is 29.8 Å². The van der Waals surface area contributed by atoms with Crippen molar-refractivity contribution >= 4 is 39.4 Å². The van der Waals surface area contributed by atoms with E-state index in [0.29, 0.717) is 45.1 Å². The largest absolute Gasteiger partial charge is 0.363 e. The second-order valence-corrected chi connectivity index (χ2v) is 21.1. The van der Waals surface area contributed by atoms with Crippen LogP contribution in [-0.2, 0) is 29.0 Å². The van der Waals surface area contributed by atoms with Gasteiger partial charge in [0.1, 0.15) is 17.6 Å². The first kappa shape index (κ1) is 38.5. The topological polar surface area (TPSA) is 185 Å². The molecule has 0 spiro atoms. The fraction of sp³-hybridized carbons (Fsp3) is 0.865. The lowest BCUT2D eigenvalue weighted by molar-refractivity contribution is -0.146. The number of Topliss-reactive ketones (excluding diaryl/α,β-unsaturated/α-hetero) is 1. The zero-order valence-electron chi connectivity index (χ0n) is 31.4. The quantitative estimate of drug-likeness (QED) is 0.234. The Hall–Kier alpha value is -2.70. The van der Waals surface area contributed by atoms with E-state index in [0.717, 1.165) is 38.5 Å². The Morgan fingerprint density at radius 1 is 0.900 bits per heavy atom. The molecule has 5 N–H and O–H groups in total. The monoisotopic (exact) mass is 719 g/mol. The summed E-state index contributed by atoms with van der Waals surface area (Å²) in [4.78, 5) is 69.8. The van der Waals surface area contributed by atoms with E-state index in [-0.39, 0.29) is 29.1 Å². The van der Waals surface area contributed by atoms with Crippen LogP contribution in [0.25, 0.3) is 0 Å². The summed E-state index contributed by atoms with van der Waals surface area (Å²) in [6.07, 6.45) is 8.70. The second kappa shape index (κ2) is 13.1. The predicted molar refractivity (Wildman–Crippen MR) is 190 cm³/mol. The van der Waals surface area contributed by atoms with Gasteiger partial charge in [0.15, 0.2) is 9.84 Å². The summed E-state index contributed by atoms with van der Waals surface area (Å²) in [5.74, 6) is -3.02. The van der Waals surface area contributed by atoms with Crippen LogP contribution in [0.15, 0.2) is 0 Å². The Kier molecular flexibility index (Phi) is 10.1. The standard InChI is InChI=1S/C37H61N5O7S/c1-9-23-20-37(23,28(43)29(38)44)40-30(45)26-25-24(34(25,6)7)21-42(26)31(46)27(35(8)16-12-10-13-17-35)39-32(47)41-36(18-14-11-15-19-36)22(2)50(48,49)33(3,4)5/h22-27H,9-21H2,1-8H3,(H2,38,44)(H,40,45)(H2,39,41,47)/t22-,23+,24?,25?,26-,27-,37?/m0/s1. The lowest BCUT2D eigenvalue weighted by atomic mass is 9.70. The number of urea groups is 1. The van der Waals surface area contributed by atoms with Gasteiger partial charge in [-0.25, -0.2) is 13.2 Å². The Morgan fingerprint density at radius 3 is 1.96 bits per heavy atom. The van der Waals surface area contributed by atoms with Crippen LogP contribution in [0, 0.1) is 28.6 Å². The molecule has 1 heterocycles. The number of fused-ring (bicyclic) bond motifs is 1. The maximum Gasteiger partial charge on any atom is 0.315 e. The van der Waals surface area contributed by atoms with Crippen LogP contribution in [0.1, 0.15) is 132 Å². The van der Waals surface area contributed by atoms with Crippen LogP contribution in [0.3, 0.4) is 0 Å². The third-order valence-corrected chi connectivity index (χ3v) is 16.8. The molecule has 5 amide bonds. The lowest BCUT2D eigenvalue weighted by Gasteiger charge is -2.46. The fourth-order valence-corrected chi connectivity index (χ4v) is 12.0. The van der Waals surface area contributed by atoms with Crippen LogP contribution in [-0.4, -0.2) is 82.6 Å². The average molecular weight is 720 g/mol. The van der Waals surface area contributed by atoms with Crippen LogP contribution in [0.4, 0.5) is 4.79 Å². The molecule has 50 heavy (non-hydrogen) atoms. The van der Waals surface area contributed by atoms with Crippen molar-refractivity contribution in [3.8, 4) is 0 Å². The Labute approximate surface area is 298 Å². The number of carbonyl (C=O) groups is 5. The van der Waals surface area contributed by atoms with Gasteiger partial charge in [-0.3, -0.25) is 19.2 Å². The number of amides is 5. The van der Waals surface area contributed by atoms with E-state index < -0.39 is 72.0 Å². The molecule has 5 rings (SSSR count). The van der Waals surface area contributed by atoms with Gasteiger partial charge in [-0.15, -0.1) is 0 Å². The first-order valence-electron chi connectivity index (χ1n) is 18.9. The Morgan fingerprint density at radius 2 is 1.46 bits per heavy atom. The van der Waals surface area contributed by atoms with Crippen LogP contribution in [0.5, 0.6) is 0 Å². The van der Waals surface area contributed by atoms with Gasteiger partial charge in [0.25, 0.3) is 5.91 Å². The number of nitrogens with zero attached hydrogens (tertiary/aromatic N) is 1. The predicted octanol–water partition coefficient (Wildman–Crippen LogP) is 3.75. The van der Waals surface area contributed by atoms with Crippen molar-refractivity contribution in [1.29, 1.82) is 0 Å². The molecule has 282 valence electrons. The van der Waals surface area contributed by atoms with Crippen molar-refractivity contribution in [1.82, 2.24) is 20.9 Å². The normalized spacial score (nSPS) is 32.1. The van der Waals surface area contributed by atoms with Gasteiger partial charge in [-0.2, -0.15) is 0 Å². The van der Waals surface area contributed by atoms with E-state index in [9.17, 15) is 32.4 Å². The highest BCUT2D eigenvalue weighted by molar-refractivity contribution is 7.93. The number of hydrogen-bond donors (Lipinski definition) is 4. The van der Waals surface area contributed by atoms with Crippen LogP contribution in [0.2, 0.25) is 0 Å². The van der Waals surface area contributed by atoms with Gasteiger partial charge in [0.05, 0.1) is 15.5 Å². The Balaban J connectivity index is 1.44. The van der Waals surface area contributed by atoms with Crippen LogP contribution >= 0.6 is 0 Å². The first-order chi connectivity index (χ1) is 23.1. The van der Waals surface area contributed by atoms with Crippen LogP contribution < -0.4 is 21.7 Å². The van der Waals surface area contributed by atoms with Gasteiger partial charge < -0.3 is 26.6 Å². The van der Waals surface area contributed by atoms with Gasteiger partial charge >= 0.3 is 6.03 Å². The highest BCUT2D eigenvalue weighted by Gasteiger charge is 2.71. The maximum absolute atomic E-state index is 14.9. The van der Waals surface area contributed by atoms with Gasteiger partial charge in [-0.05, 0) is 88.4 Å². The molecule has 13 heteroatoms. The first-order valence-corrected chi connectivity index (χ1v) is 20.4. The molecular formula is C37H61N5O7S.